The van der Waals surface area contributed by atoms with Crippen LogP contribution in [0.1, 0.15) is 24.3 Å². The van der Waals surface area contributed by atoms with E-state index in [1.165, 1.54) is 55.6 Å². The minimum atomic E-state index is -1.82. The van der Waals surface area contributed by atoms with Crippen LogP contribution in [0, 0.1) is 29.6 Å². The van der Waals surface area contributed by atoms with Gasteiger partial charge in [-0.15, -0.1) is 0 Å². The Bertz CT molecular complexity index is 1860. The number of imide groups is 2. The highest BCUT2D eigenvalue weighted by molar-refractivity contribution is 6.59. The molecule has 0 aromatic heterocycles. The predicted octanol–water partition coefficient (Wildman–Crippen LogP) is -0.194. The number of phenolic OH excluding ortho intramolecular Hbond substituents is 1. The molecule has 14 heteroatoms. The molecule has 0 bridgehead atoms. The van der Waals surface area contributed by atoms with Gasteiger partial charge in [-0.3, -0.25) is 29.0 Å². The van der Waals surface area contributed by atoms with E-state index < -0.39 is 73.4 Å². The Morgan fingerprint density at radius 1 is 0.702 bits per heavy atom. The fourth-order valence-electron chi connectivity index (χ4n) is 8.02. The molecular weight excluding hydrogens is 606 g/mol. The van der Waals surface area contributed by atoms with Crippen LogP contribution in [0.25, 0.3) is 0 Å². The number of aromatic hydroxyl groups is 1. The normalized spacial score (nSPS) is 26.5. The van der Waals surface area contributed by atoms with Gasteiger partial charge in [-0.2, -0.15) is 0 Å². The number of benzene rings is 3. The minimum absolute atomic E-state index is 0.0989. The van der Waals surface area contributed by atoms with Crippen LogP contribution in [0.4, 0.5) is 11.4 Å². The van der Waals surface area contributed by atoms with E-state index in [9.17, 15) is 44.4 Å². The third kappa shape index (κ3) is 4.78. The Morgan fingerprint density at radius 3 is 1.83 bits per heavy atom. The van der Waals surface area contributed by atoms with Crippen molar-refractivity contribution in [2.45, 2.75) is 18.8 Å². The van der Waals surface area contributed by atoms with Crippen LogP contribution < -0.4 is 25.5 Å². The average molecular weight is 636 g/mol. The van der Waals surface area contributed by atoms with Crippen molar-refractivity contribution in [2.24, 2.45) is 29.6 Å². The molecule has 6 atom stereocenters. The lowest BCUT2D eigenvalue weighted by molar-refractivity contribution is -0.126. The lowest BCUT2D eigenvalue weighted by atomic mass is 9.57. The second-order valence-electron chi connectivity index (χ2n) is 12.4. The first kappa shape index (κ1) is 30.9. The number of amides is 4. The third-order valence-corrected chi connectivity index (χ3v) is 10.1. The van der Waals surface area contributed by atoms with Gasteiger partial charge in [0.05, 0.1) is 42.2 Å². The zero-order chi connectivity index (χ0) is 33.3. The van der Waals surface area contributed by atoms with Crippen molar-refractivity contribution in [3.8, 4) is 11.5 Å². The second-order valence-corrected chi connectivity index (χ2v) is 12.4. The third-order valence-electron chi connectivity index (χ3n) is 10.1. The number of fused-ring (bicyclic) bond motifs is 4. The van der Waals surface area contributed by atoms with Crippen LogP contribution in [0.3, 0.4) is 0 Å². The van der Waals surface area contributed by atoms with E-state index in [4.69, 9.17) is 4.74 Å². The molecular formula is C33H30B2N2O10. The first-order valence-electron chi connectivity index (χ1n) is 15.3. The molecule has 2 saturated heterocycles. The van der Waals surface area contributed by atoms with Crippen LogP contribution in [0.15, 0.2) is 78.4 Å². The van der Waals surface area contributed by atoms with Gasteiger partial charge in [-0.1, -0.05) is 42.0 Å². The van der Waals surface area contributed by atoms with Gasteiger partial charge in [0.15, 0.2) is 11.5 Å². The van der Waals surface area contributed by atoms with Crippen molar-refractivity contribution in [3.63, 3.8) is 0 Å². The Hall–Kier alpha value is -4.75. The molecule has 2 heterocycles. The predicted molar refractivity (Wildman–Crippen MR) is 170 cm³/mol. The Kier molecular flexibility index (Phi) is 7.55. The molecule has 0 radical (unpaired) electrons. The molecule has 4 aliphatic rings. The zero-order valence-electron chi connectivity index (χ0n) is 25.1. The quantitative estimate of drug-likeness (QED) is 0.138. The average Bonchev–Trinajstić information content (AvgIpc) is 3.47. The maximum atomic E-state index is 14.3. The molecule has 238 valence electrons. The number of nitrogens with zero attached hydrogens (tertiary/aromatic N) is 2. The molecule has 0 unspecified atom stereocenters. The molecule has 2 aliphatic carbocycles. The largest absolute Gasteiger partial charge is 0.504 e. The fourth-order valence-corrected chi connectivity index (χ4v) is 8.02. The highest BCUT2D eigenvalue weighted by atomic mass is 16.5. The van der Waals surface area contributed by atoms with Crippen molar-refractivity contribution in [3.05, 3.63) is 83.9 Å². The first-order chi connectivity index (χ1) is 22.5. The molecule has 3 aromatic rings. The number of methoxy groups -OCH3 is 1. The highest BCUT2D eigenvalue weighted by Crippen LogP contribution is 2.58. The maximum Gasteiger partial charge on any atom is 0.488 e. The summed E-state index contributed by atoms with van der Waals surface area (Å²) in [5.74, 6) is -6.55. The van der Waals surface area contributed by atoms with E-state index in [1.807, 2.05) is 6.08 Å². The standard InChI is InChI=1S/C33H30B2N2O10/c1-47-26-11-8-16(12-25(26)38)27-21-9-10-22-28(32(41)36(30(22)39)19-6-2-4-17(13-19)34(43)44)23(21)15-24-29(27)33(42)37(31(24)40)20-7-3-5-18(14-20)35(45)46/h2-9,11-14,22-24,27-29,38,43-46H,10,15H2,1H3/t22-,23+,24+,27-,28-,29+/m0/s1. The molecule has 2 aliphatic heterocycles. The Labute approximate surface area is 269 Å². The second kappa shape index (κ2) is 11.5. The number of hydrogen-bond donors (Lipinski definition) is 5. The summed E-state index contributed by atoms with van der Waals surface area (Å²) in [6, 6.07) is 16.5. The number of carbonyl (C=O) groups excluding carboxylic acids is 4. The monoisotopic (exact) mass is 636 g/mol. The van der Waals surface area contributed by atoms with E-state index >= 15 is 0 Å². The summed E-state index contributed by atoms with van der Waals surface area (Å²) in [5.41, 5.74) is 1.86. The van der Waals surface area contributed by atoms with Gasteiger partial charge >= 0.3 is 14.2 Å². The Morgan fingerprint density at radius 2 is 1.28 bits per heavy atom. The van der Waals surface area contributed by atoms with Crippen molar-refractivity contribution in [1.82, 2.24) is 0 Å². The molecule has 7 rings (SSSR count). The number of allylic oxidation sites excluding steroid dienone is 2. The van der Waals surface area contributed by atoms with Gasteiger partial charge in [0.1, 0.15) is 0 Å². The molecule has 3 fully saturated rings. The van der Waals surface area contributed by atoms with Gasteiger partial charge in [0.2, 0.25) is 23.6 Å². The van der Waals surface area contributed by atoms with E-state index in [2.05, 4.69) is 0 Å². The molecule has 12 nitrogen and oxygen atoms in total. The summed E-state index contributed by atoms with van der Waals surface area (Å²) >= 11 is 0. The summed E-state index contributed by atoms with van der Waals surface area (Å²) in [7, 11) is -2.21. The molecule has 3 aromatic carbocycles. The van der Waals surface area contributed by atoms with Crippen LogP contribution >= 0.6 is 0 Å². The maximum absolute atomic E-state index is 14.3. The molecule has 0 spiro atoms. The van der Waals surface area contributed by atoms with Gasteiger partial charge in [0.25, 0.3) is 0 Å². The number of carbonyl (C=O) groups is 4. The van der Waals surface area contributed by atoms with Crippen LogP contribution in [0.5, 0.6) is 11.5 Å². The SMILES string of the molecule is COc1ccc([C@H]2C3=CC[C@@H]4C(=O)N(c5cccc(B(O)O)c5)C(=O)[C@@H]4[C@@H]3C[C@H]3C(=O)N(c4cccc(B(O)O)c4)C(=O)[C@@H]23)cc1O. The molecule has 1 saturated carbocycles. The van der Waals surface area contributed by atoms with Gasteiger partial charge < -0.3 is 29.9 Å². The fraction of sp³-hybridized carbons (Fsp3) is 0.273. The van der Waals surface area contributed by atoms with Crippen LogP contribution in [0.2, 0.25) is 0 Å². The topological polar surface area (TPSA) is 185 Å². The summed E-state index contributed by atoms with van der Waals surface area (Å²) in [6.07, 6.45) is 2.19. The van der Waals surface area contributed by atoms with Crippen LogP contribution in [-0.4, -0.2) is 70.2 Å². The van der Waals surface area contributed by atoms with E-state index in [1.54, 1.807) is 18.2 Å². The zero-order valence-corrected chi connectivity index (χ0v) is 25.1. The van der Waals surface area contributed by atoms with Gasteiger partial charge in [-0.05, 0) is 71.6 Å². The lowest BCUT2D eigenvalue weighted by Gasteiger charge is -2.44. The van der Waals surface area contributed by atoms with Crippen LogP contribution in [-0.2, 0) is 19.2 Å². The van der Waals surface area contributed by atoms with E-state index in [0.29, 0.717) is 5.56 Å². The number of hydrogen-bond acceptors (Lipinski definition) is 10. The van der Waals surface area contributed by atoms with E-state index in [-0.39, 0.29) is 46.6 Å². The molecule has 47 heavy (non-hydrogen) atoms. The Balaban J connectivity index is 1.32. The number of rotatable bonds is 6. The van der Waals surface area contributed by atoms with E-state index in [0.717, 1.165) is 15.4 Å². The number of anilines is 2. The summed E-state index contributed by atoms with van der Waals surface area (Å²) < 4.78 is 5.23. The molecule has 5 N–H and O–H groups in total. The van der Waals surface area contributed by atoms with Gasteiger partial charge in [0, 0.05) is 5.92 Å². The number of ether oxygens (including phenoxy) is 1. The highest BCUT2D eigenvalue weighted by Gasteiger charge is 2.62. The summed E-state index contributed by atoms with van der Waals surface area (Å²) in [6.45, 7) is 0. The smallest absolute Gasteiger partial charge is 0.488 e. The van der Waals surface area contributed by atoms with Crippen molar-refractivity contribution >= 4 is 60.2 Å². The number of phenols is 1. The van der Waals surface area contributed by atoms with Gasteiger partial charge in [-0.25, -0.2) is 0 Å². The minimum Gasteiger partial charge on any atom is -0.504 e. The van der Waals surface area contributed by atoms with Crippen molar-refractivity contribution in [1.29, 1.82) is 0 Å². The summed E-state index contributed by atoms with van der Waals surface area (Å²) in [4.78, 5) is 58.5. The van der Waals surface area contributed by atoms with Crippen molar-refractivity contribution in [2.75, 3.05) is 16.9 Å². The van der Waals surface area contributed by atoms with Crippen molar-refractivity contribution < 1.29 is 49.1 Å². The summed E-state index contributed by atoms with van der Waals surface area (Å²) in [5, 5.41) is 49.6. The first-order valence-corrected chi connectivity index (χ1v) is 15.3. The lowest BCUT2D eigenvalue weighted by Crippen LogP contribution is -2.43. The molecule has 4 amide bonds.